The second-order valence-corrected chi connectivity index (χ2v) is 9.09. The summed E-state index contributed by atoms with van der Waals surface area (Å²) in [4.78, 5) is 12.5. The predicted octanol–water partition coefficient (Wildman–Crippen LogP) is 5.67. The summed E-state index contributed by atoms with van der Waals surface area (Å²) in [5, 5.41) is 16.5. The molecule has 1 fully saturated rings. The monoisotopic (exact) mass is 472 g/mol. The van der Waals surface area contributed by atoms with Gasteiger partial charge < -0.3 is 14.6 Å². The van der Waals surface area contributed by atoms with Crippen molar-refractivity contribution < 1.29 is 18.4 Å². The zero-order valence-corrected chi connectivity index (χ0v) is 19.1. The van der Waals surface area contributed by atoms with Crippen LogP contribution in [0.1, 0.15) is 52.9 Å². The molecule has 35 heavy (non-hydrogen) atoms. The second-order valence-electron chi connectivity index (χ2n) is 9.09. The highest BCUT2D eigenvalue weighted by molar-refractivity contribution is 5.88. The summed E-state index contributed by atoms with van der Waals surface area (Å²) < 4.78 is 33.0. The van der Waals surface area contributed by atoms with Crippen LogP contribution in [0.5, 0.6) is 0 Å². The summed E-state index contributed by atoms with van der Waals surface area (Å²) in [6.07, 6.45) is 3.15. The standard InChI is InChI=1S/C27H22F2N4O2/c1-14-24(15(2)35-33-14)17-11-21(25-22(12-17)31-26(32-25)16-3-4-16)27(34,18-5-7-19(28)8-6-18)23-10-9-20(29)13-30-23/h5-13,16,34H,3-4H2,1-2H3,(H,31,32). The summed E-state index contributed by atoms with van der Waals surface area (Å²) in [5.41, 5.74) is 2.78. The molecule has 1 saturated carbocycles. The molecular weight excluding hydrogens is 450 g/mol. The number of aryl methyl sites for hydroxylation is 2. The maximum absolute atomic E-state index is 13.8. The number of nitrogens with one attached hydrogen (secondary N) is 1. The Balaban J connectivity index is 1.69. The Bertz CT molecular complexity index is 1490. The second kappa shape index (κ2) is 7.81. The third-order valence-corrected chi connectivity index (χ3v) is 6.64. The molecule has 5 aromatic rings. The molecule has 1 aliphatic rings. The van der Waals surface area contributed by atoms with Crippen molar-refractivity contribution in [2.24, 2.45) is 0 Å². The van der Waals surface area contributed by atoms with Gasteiger partial charge in [-0.1, -0.05) is 17.3 Å². The van der Waals surface area contributed by atoms with Gasteiger partial charge in [0.2, 0.25) is 0 Å². The van der Waals surface area contributed by atoms with Gasteiger partial charge in [-0.2, -0.15) is 0 Å². The van der Waals surface area contributed by atoms with Crippen LogP contribution < -0.4 is 0 Å². The number of benzene rings is 2. The molecule has 0 saturated heterocycles. The van der Waals surface area contributed by atoms with Crippen LogP contribution in [0.2, 0.25) is 0 Å². The van der Waals surface area contributed by atoms with Crippen molar-refractivity contribution in [3.05, 3.63) is 100 Å². The van der Waals surface area contributed by atoms with Crippen LogP contribution in [0, 0.1) is 25.5 Å². The molecule has 1 unspecified atom stereocenters. The lowest BCUT2D eigenvalue weighted by Gasteiger charge is -2.29. The van der Waals surface area contributed by atoms with Crippen molar-refractivity contribution in [3.8, 4) is 11.1 Å². The topological polar surface area (TPSA) is 87.8 Å². The van der Waals surface area contributed by atoms with E-state index in [-0.39, 0.29) is 5.69 Å². The molecule has 1 atom stereocenters. The molecule has 3 heterocycles. The van der Waals surface area contributed by atoms with E-state index in [0.29, 0.717) is 34.0 Å². The molecular formula is C27H22F2N4O2. The Kier molecular flexibility index (Phi) is 4.82. The van der Waals surface area contributed by atoms with Gasteiger partial charge in [0.05, 0.1) is 28.6 Å². The molecule has 0 amide bonds. The summed E-state index contributed by atoms with van der Waals surface area (Å²) in [6, 6.07) is 12.0. The van der Waals surface area contributed by atoms with Crippen molar-refractivity contribution in [1.82, 2.24) is 20.1 Å². The Morgan fingerprint density at radius 1 is 1.03 bits per heavy atom. The number of H-pyrrole nitrogens is 1. The number of halogens is 2. The maximum atomic E-state index is 13.8. The first kappa shape index (κ1) is 21.6. The van der Waals surface area contributed by atoms with Gasteiger partial charge in [0, 0.05) is 17.0 Å². The van der Waals surface area contributed by atoms with Crippen molar-refractivity contribution in [2.75, 3.05) is 0 Å². The van der Waals surface area contributed by atoms with E-state index in [9.17, 15) is 13.9 Å². The Labute approximate surface area is 199 Å². The molecule has 6 rings (SSSR count). The van der Waals surface area contributed by atoms with E-state index in [0.717, 1.165) is 41.5 Å². The number of rotatable bonds is 5. The molecule has 2 aromatic carbocycles. The van der Waals surface area contributed by atoms with Crippen molar-refractivity contribution in [3.63, 3.8) is 0 Å². The van der Waals surface area contributed by atoms with Gasteiger partial charge in [0.15, 0.2) is 5.60 Å². The predicted molar refractivity (Wildman–Crippen MR) is 126 cm³/mol. The van der Waals surface area contributed by atoms with Crippen LogP contribution in [-0.4, -0.2) is 25.2 Å². The van der Waals surface area contributed by atoms with Crippen LogP contribution in [0.4, 0.5) is 8.78 Å². The van der Waals surface area contributed by atoms with Gasteiger partial charge in [-0.3, -0.25) is 4.98 Å². The fourth-order valence-electron chi connectivity index (χ4n) is 4.72. The van der Waals surface area contributed by atoms with Crippen molar-refractivity contribution in [2.45, 2.75) is 38.2 Å². The van der Waals surface area contributed by atoms with Gasteiger partial charge >= 0.3 is 0 Å². The first-order valence-electron chi connectivity index (χ1n) is 11.4. The third kappa shape index (κ3) is 3.52. The normalized spacial score (nSPS) is 15.5. The molecule has 0 radical (unpaired) electrons. The highest BCUT2D eigenvalue weighted by Gasteiger charge is 2.39. The fourth-order valence-corrected chi connectivity index (χ4v) is 4.72. The molecule has 0 bridgehead atoms. The maximum Gasteiger partial charge on any atom is 0.159 e. The molecule has 2 N–H and O–H groups in total. The summed E-state index contributed by atoms with van der Waals surface area (Å²) in [6.45, 7) is 3.68. The zero-order chi connectivity index (χ0) is 24.3. The molecule has 176 valence electrons. The summed E-state index contributed by atoms with van der Waals surface area (Å²) >= 11 is 0. The summed E-state index contributed by atoms with van der Waals surface area (Å²) in [5.74, 6) is 0.875. The van der Waals surface area contributed by atoms with Crippen LogP contribution in [0.25, 0.3) is 22.2 Å². The van der Waals surface area contributed by atoms with E-state index in [1.807, 2.05) is 26.0 Å². The largest absolute Gasteiger partial charge is 0.374 e. The number of pyridine rings is 1. The van der Waals surface area contributed by atoms with Gasteiger partial charge in [-0.15, -0.1) is 0 Å². The van der Waals surface area contributed by atoms with E-state index in [1.165, 1.54) is 36.4 Å². The minimum atomic E-state index is -1.84. The minimum absolute atomic E-state index is 0.193. The number of nitrogens with zero attached hydrogens (tertiary/aromatic N) is 3. The van der Waals surface area contributed by atoms with Crippen LogP contribution in [0.3, 0.4) is 0 Å². The number of hydrogen-bond donors (Lipinski definition) is 2. The number of imidazole rings is 1. The lowest BCUT2D eigenvalue weighted by atomic mass is 9.81. The number of aliphatic hydroxyl groups is 1. The highest BCUT2D eigenvalue weighted by Crippen LogP contribution is 2.44. The summed E-state index contributed by atoms with van der Waals surface area (Å²) in [7, 11) is 0. The molecule has 6 nitrogen and oxygen atoms in total. The average molecular weight is 472 g/mol. The van der Waals surface area contributed by atoms with Gasteiger partial charge in [0.1, 0.15) is 23.2 Å². The third-order valence-electron chi connectivity index (χ3n) is 6.64. The fraction of sp³-hybridized carbons (Fsp3) is 0.222. The van der Waals surface area contributed by atoms with Crippen LogP contribution >= 0.6 is 0 Å². The highest BCUT2D eigenvalue weighted by atomic mass is 19.1. The number of aromatic nitrogens is 4. The van der Waals surface area contributed by atoms with Gasteiger partial charge in [-0.25, -0.2) is 13.8 Å². The van der Waals surface area contributed by atoms with E-state index >= 15 is 0 Å². The molecule has 1 aliphatic carbocycles. The molecule has 3 aromatic heterocycles. The number of hydrogen-bond acceptors (Lipinski definition) is 5. The van der Waals surface area contributed by atoms with Crippen molar-refractivity contribution in [1.29, 1.82) is 0 Å². The molecule has 8 heteroatoms. The Hall–Kier alpha value is -3.91. The first-order chi connectivity index (χ1) is 16.8. The first-order valence-corrected chi connectivity index (χ1v) is 11.4. The lowest BCUT2D eigenvalue weighted by Crippen LogP contribution is -2.30. The van der Waals surface area contributed by atoms with Crippen molar-refractivity contribution >= 4 is 11.0 Å². The molecule has 0 aliphatic heterocycles. The minimum Gasteiger partial charge on any atom is -0.374 e. The SMILES string of the molecule is Cc1noc(C)c1-c1cc(C(O)(c2ccc(F)cc2)c2ccc(F)cn2)c2nc(C3CC3)[nH]c2c1. The van der Waals surface area contributed by atoms with Crippen LogP contribution in [0.15, 0.2) is 59.3 Å². The molecule has 0 spiro atoms. The lowest BCUT2D eigenvalue weighted by molar-refractivity contribution is 0.122. The quantitative estimate of drug-likeness (QED) is 0.344. The average Bonchev–Trinajstić information content (AvgIpc) is 3.53. The van der Waals surface area contributed by atoms with Gasteiger partial charge in [0.25, 0.3) is 0 Å². The Morgan fingerprint density at radius 2 is 1.77 bits per heavy atom. The van der Waals surface area contributed by atoms with E-state index < -0.39 is 17.2 Å². The number of aromatic amines is 1. The van der Waals surface area contributed by atoms with Gasteiger partial charge in [-0.05, 0) is 74.2 Å². The van der Waals surface area contributed by atoms with E-state index in [4.69, 9.17) is 9.51 Å². The van der Waals surface area contributed by atoms with E-state index in [1.54, 1.807) is 0 Å². The van der Waals surface area contributed by atoms with E-state index in [2.05, 4.69) is 15.1 Å². The Morgan fingerprint density at radius 3 is 2.40 bits per heavy atom. The smallest absolute Gasteiger partial charge is 0.159 e. The van der Waals surface area contributed by atoms with Crippen LogP contribution in [-0.2, 0) is 5.60 Å². The zero-order valence-electron chi connectivity index (χ0n) is 19.1. The number of fused-ring (bicyclic) bond motifs is 1.